The molecule has 0 aromatic heterocycles. The van der Waals surface area contributed by atoms with Crippen molar-refractivity contribution in [1.29, 1.82) is 0 Å². The van der Waals surface area contributed by atoms with Crippen LogP contribution in [0.4, 0.5) is 0 Å². The van der Waals surface area contributed by atoms with Crippen LogP contribution in [0.25, 0.3) is 0 Å². The Hall–Kier alpha value is -1.97. The highest BCUT2D eigenvalue weighted by molar-refractivity contribution is 5.97. The number of benzene rings is 1. The van der Waals surface area contributed by atoms with Gasteiger partial charge in [-0.05, 0) is 13.8 Å². The Morgan fingerprint density at radius 2 is 1.00 bits per heavy atom. The number of hydrogen-bond acceptors (Lipinski definition) is 3. The Labute approximate surface area is 93.9 Å². The van der Waals surface area contributed by atoms with Gasteiger partial charge in [0.1, 0.15) is 0 Å². The molecule has 0 bridgehead atoms. The number of carbonyl (C=O) groups excluding carboxylic acids is 2. The summed E-state index contributed by atoms with van der Waals surface area (Å²) in [5.41, 5.74) is 1.28. The molecule has 0 heterocycles. The number of aliphatic carboxylic acids is 1. The van der Waals surface area contributed by atoms with Crippen molar-refractivity contribution >= 4 is 17.5 Å². The van der Waals surface area contributed by atoms with E-state index in [4.69, 9.17) is 9.90 Å². The molecule has 4 nitrogen and oxygen atoms in total. The lowest BCUT2D eigenvalue weighted by Crippen LogP contribution is -1.95. The van der Waals surface area contributed by atoms with Gasteiger partial charge in [0, 0.05) is 18.1 Å². The minimum absolute atomic E-state index is 0.0186. The number of carbonyl (C=O) groups is 3. The van der Waals surface area contributed by atoms with Gasteiger partial charge in [0.2, 0.25) is 0 Å². The normalized spacial score (nSPS) is 8.69. The maximum atomic E-state index is 10.8. The minimum atomic E-state index is -0.833. The van der Waals surface area contributed by atoms with Gasteiger partial charge in [-0.3, -0.25) is 14.4 Å². The third-order valence-corrected chi connectivity index (χ3v) is 1.70. The van der Waals surface area contributed by atoms with E-state index in [9.17, 15) is 9.59 Å². The molecule has 1 N–H and O–H groups in total. The summed E-state index contributed by atoms with van der Waals surface area (Å²) in [7, 11) is 0. The third-order valence-electron chi connectivity index (χ3n) is 1.70. The van der Waals surface area contributed by atoms with Crippen LogP contribution in [0.3, 0.4) is 0 Å². The Kier molecular flexibility index (Phi) is 5.70. The number of ketones is 2. The topological polar surface area (TPSA) is 71.4 Å². The van der Waals surface area contributed by atoms with E-state index in [0.29, 0.717) is 11.1 Å². The molecule has 0 saturated carbocycles. The molecule has 0 fully saturated rings. The van der Waals surface area contributed by atoms with E-state index in [1.165, 1.54) is 13.8 Å². The fourth-order valence-electron chi connectivity index (χ4n) is 0.940. The smallest absolute Gasteiger partial charge is 0.300 e. The van der Waals surface area contributed by atoms with Crippen LogP contribution in [0.1, 0.15) is 41.5 Å². The van der Waals surface area contributed by atoms with Crippen LogP contribution in [-0.2, 0) is 4.79 Å². The second-order valence-corrected chi connectivity index (χ2v) is 3.21. The molecule has 0 aliphatic carbocycles. The summed E-state index contributed by atoms with van der Waals surface area (Å²) in [5.74, 6) is -0.796. The first-order valence-electron chi connectivity index (χ1n) is 4.66. The van der Waals surface area contributed by atoms with Crippen LogP contribution in [0, 0.1) is 0 Å². The summed E-state index contributed by atoms with van der Waals surface area (Å²) < 4.78 is 0. The van der Waals surface area contributed by atoms with Gasteiger partial charge in [0.15, 0.2) is 11.6 Å². The predicted octanol–water partition coefficient (Wildman–Crippen LogP) is 2.18. The monoisotopic (exact) mass is 222 g/mol. The van der Waals surface area contributed by atoms with Crippen molar-refractivity contribution in [2.75, 3.05) is 0 Å². The molecule has 4 heteroatoms. The average molecular weight is 222 g/mol. The zero-order valence-electron chi connectivity index (χ0n) is 9.48. The molecule has 86 valence electrons. The standard InChI is InChI=1S/C10H10O2.C2H4O2/c1-7(11)9-3-5-10(6-4-9)8(2)12;1-2(3)4/h3-6H,1-2H3;1H3,(H,3,4). The molecule has 16 heavy (non-hydrogen) atoms. The zero-order valence-corrected chi connectivity index (χ0v) is 9.48. The molecule has 0 spiro atoms. The van der Waals surface area contributed by atoms with E-state index in [1.807, 2.05) is 0 Å². The van der Waals surface area contributed by atoms with Gasteiger partial charge < -0.3 is 5.11 Å². The molecule has 1 rings (SSSR count). The summed E-state index contributed by atoms with van der Waals surface area (Å²) in [6, 6.07) is 6.66. The maximum Gasteiger partial charge on any atom is 0.300 e. The van der Waals surface area contributed by atoms with Crippen molar-refractivity contribution in [1.82, 2.24) is 0 Å². The van der Waals surface area contributed by atoms with Crippen LogP contribution in [0.15, 0.2) is 24.3 Å². The molecule has 1 aromatic rings. The Bertz CT molecular complexity index is 353. The number of Topliss-reactive ketones (excluding diaryl/α,β-unsaturated/α-hetero) is 2. The summed E-state index contributed by atoms with van der Waals surface area (Å²) in [6.07, 6.45) is 0. The quantitative estimate of drug-likeness (QED) is 0.778. The third kappa shape index (κ3) is 5.70. The number of hydrogen-bond donors (Lipinski definition) is 1. The second kappa shape index (κ2) is 6.50. The van der Waals surface area contributed by atoms with Gasteiger partial charge in [-0.15, -0.1) is 0 Å². The molecule has 0 saturated heterocycles. The van der Waals surface area contributed by atoms with Crippen molar-refractivity contribution in [3.05, 3.63) is 35.4 Å². The van der Waals surface area contributed by atoms with Crippen molar-refractivity contribution in [2.24, 2.45) is 0 Å². The first kappa shape index (κ1) is 14.0. The number of rotatable bonds is 2. The highest BCUT2D eigenvalue weighted by atomic mass is 16.4. The fraction of sp³-hybridized carbons (Fsp3) is 0.250. The molecular formula is C12H14O4. The van der Waals surface area contributed by atoms with E-state index in [-0.39, 0.29) is 11.6 Å². The van der Waals surface area contributed by atoms with Crippen LogP contribution in [0.5, 0.6) is 0 Å². The lowest BCUT2D eigenvalue weighted by atomic mass is 10.1. The summed E-state index contributed by atoms with van der Waals surface area (Å²) >= 11 is 0. The highest BCUT2D eigenvalue weighted by Gasteiger charge is 2.00. The van der Waals surface area contributed by atoms with Crippen molar-refractivity contribution < 1.29 is 19.5 Å². The van der Waals surface area contributed by atoms with Gasteiger partial charge >= 0.3 is 0 Å². The SMILES string of the molecule is CC(=O)O.CC(=O)c1ccc(C(C)=O)cc1. The van der Waals surface area contributed by atoms with Crippen molar-refractivity contribution in [3.8, 4) is 0 Å². The average Bonchev–Trinajstić information content (AvgIpc) is 2.17. The first-order valence-corrected chi connectivity index (χ1v) is 4.66. The summed E-state index contributed by atoms with van der Waals surface area (Å²) in [6.45, 7) is 4.09. The lowest BCUT2D eigenvalue weighted by Gasteiger charge is -1.96. The van der Waals surface area contributed by atoms with Crippen molar-refractivity contribution in [2.45, 2.75) is 20.8 Å². The van der Waals surface area contributed by atoms with Crippen molar-refractivity contribution in [3.63, 3.8) is 0 Å². The molecule has 1 aromatic carbocycles. The van der Waals surface area contributed by atoms with E-state index in [0.717, 1.165) is 6.92 Å². The Balaban J connectivity index is 0.000000487. The first-order chi connectivity index (χ1) is 7.34. The van der Waals surface area contributed by atoms with Crippen LogP contribution in [0.2, 0.25) is 0 Å². The Morgan fingerprint density at radius 1 is 0.812 bits per heavy atom. The van der Waals surface area contributed by atoms with E-state index in [2.05, 4.69) is 0 Å². The molecule has 0 amide bonds. The highest BCUT2D eigenvalue weighted by Crippen LogP contribution is 2.05. The Morgan fingerprint density at radius 3 is 1.12 bits per heavy atom. The van der Waals surface area contributed by atoms with Crippen LogP contribution >= 0.6 is 0 Å². The van der Waals surface area contributed by atoms with Crippen LogP contribution in [-0.4, -0.2) is 22.6 Å². The number of carboxylic acid groups (broad SMARTS) is 1. The molecule has 0 unspecified atom stereocenters. The molecule has 0 atom stereocenters. The number of carboxylic acids is 1. The molecule has 0 aliphatic heterocycles. The minimum Gasteiger partial charge on any atom is -0.481 e. The van der Waals surface area contributed by atoms with E-state index in [1.54, 1.807) is 24.3 Å². The van der Waals surface area contributed by atoms with Gasteiger partial charge in [-0.25, -0.2) is 0 Å². The largest absolute Gasteiger partial charge is 0.481 e. The fourth-order valence-corrected chi connectivity index (χ4v) is 0.940. The summed E-state index contributed by atoms with van der Waals surface area (Å²) in [4.78, 5) is 30.7. The molecular weight excluding hydrogens is 208 g/mol. The van der Waals surface area contributed by atoms with Gasteiger partial charge in [-0.1, -0.05) is 24.3 Å². The van der Waals surface area contributed by atoms with E-state index < -0.39 is 5.97 Å². The van der Waals surface area contributed by atoms with E-state index >= 15 is 0 Å². The van der Waals surface area contributed by atoms with Crippen LogP contribution < -0.4 is 0 Å². The summed E-state index contributed by atoms with van der Waals surface area (Å²) in [5, 5.41) is 7.42. The van der Waals surface area contributed by atoms with Gasteiger partial charge in [0.05, 0.1) is 0 Å². The predicted molar refractivity (Wildman–Crippen MR) is 59.8 cm³/mol. The lowest BCUT2D eigenvalue weighted by molar-refractivity contribution is -0.134. The van der Waals surface area contributed by atoms with Gasteiger partial charge in [0.25, 0.3) is 5.97 Å². The van der Waals surface area contributed by atoms with Gasteiger partial charge in [-0.2, -0.15) is 0 Å². The zero-order chi connectivity index (χ0) is 12.7. The second-order valence-electron chi connectivity index (χ2n) is 3.21. The molecule has 0 aliphatic rings. The molecule has 0 radical (unpaired) electrons. The maximum absolute atomic E-state index is 10.8.